The zero-order valence-corrected chi connectivity index (χ0v) is 22.5. The van der Waals surface area contributed by atoms with Gasteiger partial charge >= 0.3 is 0 Å². The van der Waals surface area contributed by atoms with E-state index in [9.17, 15) is 13.7 Å². The van der Waals surface area contributed by atoms with Gasteiger partial charge in [0.2, 0.25) is 0 Å². The maximum atomic E-state index is 13.5. The summed E-state index contributed by atoms with van der Waals surface area (Å²) in [6.07, 6.45) is 6.84. The summed E-state index contributed by atoms with van der Waals surface area (Å²) in [6.45, 7) is 6.45. The first-order chi connectivity index (χ1) is 18.9. The van der Waals surface area contributed by atoms with Crippen molar-refractivity contribution in [2.75, 3.05) is 37.6 Å². The molecule has 0 saturated carbocycles. The predicted molar refractivity (Wildman–Crippen MR) is 151 cm³/mol. The van der Waals surface area contributed by atoms with Gasteiger partial charge in [-0.3, -0.25) is 4.90 Å². The minimum Gasteiger partial charge on any atom is -0.357 e. The van der Waals surface area contributed by atoms with Gasteiger partial charge in [-0.25, -0.2) is 22.4 Å². The van der Waals surface area contributed by atoms with Gasteiger partial charge in [-0.05, 0) is 68.3 Å². The van der Waals surface area contributed by atoms with Crippen molar-refractivity contribution in [1.82, 2.24) is 23.8 Å². The number of nitrogens with zero attached hydrogens (tertiary/aromatic N) is 6. The van der Waals surface area contributed by atoms with Crippen molar-refractivity contribution in [3.05, 3.63) is 83.9 Å². The average Bonchev–Trinajstić information content (AvgIpc) is 3.59. The molecule has 6 rings (SSSR count). The third-order valence-electron chi connectivity index (χ3n) is 7.48. The number of rotatable bonds is 7. The highest BCUT2D eigenvalue weighted by molar-refractivity contribution is 7.90. The van der Waals surface area contributed by atoms with Gasteiger partial charge in [-0.15, -0.1) is 0 Å². The van der Waals surface area contributed by atoms with Crippen molar-refractivity contribution >= 4 is 37.8 Å². The van der Waals surface area contributed by atoms with Crippen LogP contribution in [0.3, 0.4) is 0 Å². The van der Waals surface area contributed by atoms with Crippen LogP contribution < -0.4 is 4.90 Å². The van der Waals surface area contributed by atoms with E-state index in [1.165, 1.54) is 3.97 Å². The first-order valence-corrected chi connectivity index (χ1v) is 14.5. The summed E-state index contributed by atoms with van der Waals surface area (Å²) in [4.78, 5) is 17.1. The summed E-state index contributed by atoms with van der Waals surface area (Å²) >= 11 is 0. The van der Waals surface area contributed by atoms with Crippen LogP contribution >= 0.6 is 0 Å². The fraction of sp³-hybridized carbons (Fsp3) is 0.276. The summed E-state index contributed by atoms with van der Waals surface area (Å²) in [5, 5.41) is 10.3. The quantitative estimate of drug-likeness (QED) is 0.332. The number of H-pyrrole nitrogens is 1. The molecule has 0 aliphatic carbocycles. The Bertz CT molecular complexity index is 1790. The SMILES string of the molecule is Cc1ccc(S(=O)(=O)n2cc(CCCN3CCN(c4ncnc5cc[nH]c45)CC3)c3cc(C#N)ccc32)cc1. The summed E-state index contributed by atoms with van der Waals surface area (Å²) in [6, 6.07) is 16.2. The third kappa shape index (κ3) is 4.75. The van der Waals surface area contributed by atoms with Crippen molar-refractivity contribution in [2.24, 2.45) is 0 Å². The van der Waals surface area contributed by atoms with Crippen LogP contribution in [-0.2, 0) is 16.4 Å². The van der Waals surface area contributed by atoms with E-state index < -0.39 is 10.0 Å². The number of aryl methyl sites for hydroxylation is 2. The number of hydrogen-bond donors (Lipinski definition) is 1. The maximum Gasteiger partial charge on any atom is 0.268 e. The minimum atomic E-state index is -3.77. The number of nitriles is 1. The van der Waals surface area contributed by atoms with Crippen LogP contribution in [0.5, 0.6) is 0 Å². The molecule has 0 atom stereocenters. The van der Waals surface area contributed by atoms with Crippen LogP contribution in [0.4, 0.5) is 5.82 Å². The highest BCUT2D eigenvalue weighted by atomic mass is 32.2. The highest BCUT2D eigenvalue weighted by Gasteiger charge is 2.23. The van der Waals surface area contributed by atoms with Gasteiger partial charge in [0, 0.05) is 44.0 Å². The third-order valence-corrected chi connectivity index (χ3v) is 9.17. The van der Waals surface area contributed by atoms with Crippen LogP contribution in [0.15, 0.2) is 72.1 Å². The molecule has 9 nitrogen and oxygen atoms in total. The predicted octanol–water partition coefficient (Wildman–Crippen LogP) is 4.08. The fourth-order valence-corrected chi connectivity index (χ4v) is 6.72. The molecule has 39 heavy (non-hydrogen) atoms. The number of fused-ring (bicyclic) bond motifs is 2. The molecule has 0 unspecified atom stereocenters. The molecular weight excluding hydrogens is 510 g/mol. The topological polar surface area (TPSA) is 111 Å². The summed E-state index contributed by atoms with van der Waals surface area (Å²) in [5.74, 6) is 0.945. The highest BCUT2D eigenvalue weighted by Crippen LogP contribution is 2.28. The molecule has 3 aromatic heterocycles. The number of nitrogens with one attached hydrogen (secondary N) is 1. The van der Waals surface area contributed by atoms with E-state index in [-0.39, 0.29) is 4.90 Å². The molecular formula is C29H29N7O2S. The van der Waals surface area contributed by atoms with Crippen molar-refractivity contribution in [2.45, 2.75) is 24.7 Å². The smallest absolute Gasteiger partial charge is 0.268 e. The normalized spacial score (nSPS) is 14.7. The number of anilines is 1. The van der Waals surface area contributed by atoms with Crippen molar-refractivity contribution in [3.63, 3.8) is 0 Å². The number of hydrogen-bond acceptors (Lipinski definition) is 7. The Morgan fingerprint density at radius 2 is 1.82 bits per heavy atom. The lowest BCUT2D eigenvalue weighted by Crippen LogP contribution is -2.47. The summed E-state index contributed by atoms with van der Waals surface area (Å²) < 4.78 is 28.4. The zero-order valence-electron chi connectivity index (χ0n) is 21.7. The first-order valence-electron chi connectivity index (χ1n) is 13.1. The van der Waals surface area contributed by atoms with E-state index >= 15 is 0 Å². The molecule has 0 bridgehead atoms. The van der Waals surface area contributed by atoms with Crippen LogP contribution in [0, 0.1) is 18.3 Å². The minimum absolute atomic E-state index is 0.249. The molecule has 5 aromatic rings. The molecule has 4 heterocycles. The van der Waals surface area contributed by atoms with E-state index in [0.717, 1.165) is 78.9 Å². The second-order valence-electron chi connectivity index (χ2n) is 9.98. The molecule has 1 aliphatic heterocycles. The monoisotopic (exact) mass is 539 g/mol. The second kappa shape index (κ2) is 10.2. The van der Waals surface area contributed by atoms with Crippen LogP contribution in [0.25, 0.3) is 21.9 Å². The Morgan fingerprint density at radius 1 is 1.03 bits per heavy atom. The van der Waals surface area contributed by atoms with E-state index in [0.29, 0.717) is 11.1 Å². The summed E-state index contributed by atoms with van der Waals surface area (Å²) in [5.41, 5.74) is 4.95. The Morgan fingerprint density at radius 3 is 2.59 bits per heavy atom. The molecule has 1 fully saturated rings. The molecule has 10 heteroatoms. The van der Waals surface area contributed by atoms with Gasteiger partial charge in [0.25, 0.3) is 10.0 Å². The lowest BCUT2D eigenvalue weighted by Gasteiger charge is -2.35. The van der Waals surface area contributed by atoms with E-state index in [1.54, 1.807) is 55.0 Å². The molecule has 0 radical (unpaired) electrons. The fourth-order valence-electron chi connectivity index (χ4n) is 5.33. The maximum absolute atomic E-state index is 13.5. The Balaban J connectivity index is 1.17. The van der Waals surface area contributed by atoms with Crippen molar-refractivity contribution in [3.8, 4) is 6.07 Å². The molecule has 1 saturated heterocycles. The lowest BCUT2D eigenvalue weighted by molar-refractivity contribution is 0.255. The number of piperazine rings is 1. The Kier molecular flexibility index (Phi) is 6.54. The van der Waals surface area contributed by atoms with Gasteiger partial charge in [-0.2, -0.15) is 5.26 Å². The van der Waals surface area contributed by atoms with Gasteiger partial charge in [0.15, 0.2) is 5.82 Å². The number of aromatic nitrogens is 4. The second-order valence-corrected chi connectivity index (χ2v) is 11.8. The largest absolute Gasteiger partial charge is 0.357 e. The van der Waals surface area contributed by atoms with E-state index in [4.69, 9.17) is 0 Å². The van der Waals surface area contributed by atoms with E-state index in [2.05, 4.69) is 30.8 Å². The van der Waals surface area contributed by atoms with Gasteiger partial charge < -0.3 is 9.88 Å². The van der Waals surface area contributed by atoms with Gasteiger partial charge in [-0.1, -0.05) is 17.7 Å². The standard InChI is InChI=1S/C29H29N7O2S/c1-21-4-7-24(8-5-21)39(37,38)36-19-23(25-17-22(18-30)6-9-27(25)36)3-2-12-34-13-15-35(16-14-34)29-28-26(10-11-31-28)32-20-33-29/h4-11,17,19-20,31H,2-3,12-16H2,1H3. The number of aromatic amines is 1. The van der Waals surface area contributed by atoms with Crippen LogP contribution in [-0.4, -0.2) is 65.0 Å². The number of benzene rings is 2. The molecule has 0 amide bonds. The molecule has 1 N–H and O–H groups in total. The molecule has 2 aromatic carbocycles. The van der Waals surface area contributed by atoms with Crippen LogP contribution in [0.1, 0.15) is 23.1 Å². The van der Waals surface area contributed by atoms with E-state index in [1.807, 2.05) is 19.2 Å². The van der Waals surface area contributed by atoms with Gasteiger partial charge in [0.05, 0.1) is 27.6 Å². The Labute approximate surface area is 227 Å². The molecule has 0 spiro atoms. The zero-order chi connectivity index (χ0) is 27.0. The van der Waals surface area contributed by atoms with Crippen LogP contribution in [0.2, 0.25) is 0 Å². The van der Waals surface area contributed by atoms with Gasteiger partial charge in [0.1, 0.15) is 11.8 Å². The first kappa shape index (κ1) is 25.1. The average molecular weight is 540 g/mol. The molecule has 1 aliphatic rings. The molecule has 198 valence electrons. The Hall–Kier alpha value is -4.20. The van der Waals surface area contributed by atoms with Crippen molar-refractivity contribution < 1.29 is 8.42 Å². The van der Waals surface area contributed by atoms with Crippen molar-refractivity contribution in [1.29, 1.82) is 5.26 Å². The lowest BCUT2D eigenvalue weighted by atomic mass is 10.1. The summed E-state index contributed by atoms with van der Waals surface area (Å²) in [7, 11) is -3.77.